The molecule has 1 saturated carbocycles. The number of likely N-dealkylation sites (tertiary alicyclic amines) is 1. The second-order valence-corrected chi connectivity index (χ2v) is 4.93. The zero-order valence-electron chi connectivity index (χ0n) is 9.45. The summed E-state index contributed by atoms with van der Waals surface area (Å²) in [5.74, 6) is 1.36. The van der Waals surface area contributed by atoms with Crippen LogP contribution in [0.3, 0.4) is 0 Å². The van der Waals surface area contributed by atoms with Crippen LogP contribution in [0.25, 0.3) is 0 Å². The van der Waals surface area contributed by atoms with Crippen molar-refractivity contribution in [3.05, 3.63) is 0 Å². The van der Waals surface area contributed by atoms with Crippen LogP contribution in [0.2, 0.25) is 0 Å². The third-order valence-electron chi connectivity index (χ3n) is 3.94. The van der Waals surface area contributed by atoms with E-state index < -0.39 is 0 Å². The summed E-state index contributed by atoms with van der Waals surface area (Å²) in [6.07, 6.45) is 5.71. The van der Waals surface area contributed by atoms with E-state index in [4.69, 9.17) is 5.73 Å². The van der Waals surface area contributed by atoms with Crippen molar-refractivity contribution in [1.82, 2.24) is 4.90 Å². The maximum Gasteiger partial charge on any atom is 0.139 e. The van der Waals surface area contributed by atoms with E-state index in [9.17, 15) is 4.79 Å². The minimum Gasteiger partial charge on any atom is -0.329 e. The van der Waals surface area contributed by atoms with E-state index in [1.165, 1.54) is 6.42 Å². The first-order valence-electron chi connectivity index (χ1n) is 6.27. The van der Waals surface area contributed by atoms with Crippen molar-refractivity contribution < 1.29 is 4.79 Å². The van der Waals surface area contributed by atoms with E-state index in [0.29, 0.717) is 17.6 Å². The van der Waals surface area contributed by atoms with Crippen LogP contribution in [0.1, 0.15) is 32.1 Å². The largest absolute Gasteiger partial charge is 0.329 e. The van der Waals surface area contributed by atoms with E-state index in [-0.39, 0.29) is 0 Å². The fourth-order valence-electron chi connectivity index (χ4n) is 2.65. The summed E-state index contributed by atoms with van der Waals surface area (Å²) < 4.78 is 0. The molecular weight excluding hydrogens is 188 g/mol. The summed E-state index contributed by atoms with van der Waals surface area (Å²) in [7, 11) is 0. The molecule has 1 saturated heterocycles. The SMILES string of the molecule is NCCN1CCC(C(=O)C2CCC2)CC1. The van der Waals surface area contributed by atoms with Crippen LogP contribution in [0.4, 0.5) is 0 Å². The maximum absolute atomic E-state index is 12.0. The molecule has 0 aromatic heterocycles. The molecule has 0 amide bonds. The van der Waals surface area contributed by atoms with E-state index in [1.807, 2.05) is 0 Å². The molecule has 3 nitrogen and oxygen atoms in total. The Labute approximate surface area is 92.0 Å². The first-order valence-corrected chi connectivity index (χ1v) is 6.27. The highest BCUT2D eigenvalue weighted by molar-refractivity contribution is 5.84. The number of carbonyl (C=O) groups excluding carboxylic acids is 1. The van der Waals surface area contributed by atoms with Gasteiger partial charge in [0.05, 0.1) is 0 Å². The molecule has 0 aromatic rings. The molecule has 86 valence electrons. The zero-order chi connectivity index (χ0) is 10.7. The Morgan fingerprint density at radius 1 is 1.13 bits per heavy atom. The molecule has 2 fully saturated rings. The second kappa shape index (κ2) is 5.08. The summed E-state index contributed by atoms with van der Waals surface area (Å²) in [4.78, 5) is 14.4. The summed E-state index contributed by atoms with van der Waals surface area (Å²) in [6, 6.07) is 0. The van der Waals surface area contributed by atoms with Crippen LogP contribution in [0.5, 0.6) is 0 Å². The smallest absolute Gasteiger partial charge is 0.139 e. The average molecular weight is 210 g/mol. The third kappa shape index (κ3) is 2.58. The lowest BCUT2D eigenvalue weighted by Gasteiger charge is -2.34. The molecule has 1 aliphatic heterocycles. The van der Waals surface area contributed by atoms with Crippen molar-refractivity contribution >= 4 is 5.78 Å². The number of rotatable bonds is 4. The van der Waals surface area contributed by atoms with E-state index in [1.54, 1.807) is 0 Å². The maximum atomic E-state index is 12.0. The Kier molecular flexibility index (Phi) is 3.76. The summed E-state index contributed by atoms with van der Waals surface area (Å²) in [5, 5.41) is 0. The van der Waals surface area contributed by atoms with Crippen LogP contribution in [0.15, 0.2) is 0 Å². The highest BCUT2D eigenvalue weighted by Gasteiger charge is 2.32. The standard InChI is InChI=1S/C12H22N2O/c13-6-9-14-7-4-11(5-8-14)12(15)10-2-1-3-10/h10-11H,1-9,13H2. The van der Waals surface area contributed by atoms with Crippen molar-refractivity contribution in [2.24, 2.45) is 17.6 Å². The number of carbonyl (C=O) groups is 1. The van der Waals surface area contributed by atoms with Gasteiger partial charge in [0.1, 0.15) is 5.78 Å². The Morgan fingerprint density at radius 3 is 2.20 bits per heavy atom. The van der Waals surface area contributed by atoms with Gasteiger partial charge in [-0.15, -0.1) is 0 Å². The molecule has 2 aliphatic rings. The van der Waals surface area contributed by atoms with E-state index in [2.05, 4.69) is 4.90 Å². The molecule has 0 bridgehead atoms. The van der Waals surface area contributed by atoms with Crippen LogP contribution in [0, 0.1) is 11.8 Å². The minimum atomic E-state index is 0.365. The Morgan fingerprint density at radius 2 is 1.73 bits per heavy atom. The molecule has 0 unspecified atom stereocenters. The number of Topliss-reactive ketones (excluding diaryl/α,β-unsaturated/α-hetero) is 1. The van der Waals surface area contributed by atoms with Gasteiger partial charge in [-0.1, -0.05) is 6.42 Å². The average Bonchev–Trinajstić information content (AvgIpc) is 2.16. The summed E-state index contributed by atoms with van der Waals surface area (Å²) in [6.45, 7) is 3.87. The number of nitrogens with zero attached hydrogens (tertiary/aromatic N) is 1. The number of piperidine rings is 1. The Bertz CT molecular complexity index is 218. The summed E-state index contributed by atoms with van der Waals surface area (Å²) in [5.41, 5.74) is 5.52. The molecule has 0 aromatic carbocycles. The van der Waals surface area contributed by atoms with Gasteiger partial charge >= 0.3 is 0 Å². The van der Waals surface area contributed by atoms with Crippen molar-refractivity contribution in [1.29, 1.82) is 0 Å². The van der Waals surface area contributed by atoms with Gasteiger partial charge in [0.2, 0.25) is 0 Å². The molecule has 2 N–H and O–H groups in total. The number of nitrogens with two attached hydrogens (primary N) is 1. The van der Waals surface area contributed by atoms with Gasteiger partial charge in [-0.05, 0) is 38.8 Å². The number of hydrogen-bond acceptors (Lipinski definition) is 3. The van der Waals surface area contributed by atoms with E-state index in [0.717, 1.165) is 51.9 Å². The highest BCUT2D eigenvalue weighted by atomic mass is 16.1. The first-order chi connectivity index (χ1) is 7.31. The summed E-state index contributed by atoms with van der Waals surface area (Å²) >= 11 is 0. The highest BCUT2D eigenvalue weighted by Crippen LogP contribution is 2.32. The molecule has 3 heteroatoms. The van der Waals surface area contributed by atoms with Gasteiger partial charge < -0.3 is 10.6 Å². The van der Waals surface area contributed by atoms with E-state index >= 15 is 0 Å². The van der Waals surface area contributed by atoms with Gasteiger partial charge in [0.15, 0.2) is 0 Å². The van der Waals surface area contributed by atoms with Crippen LogP contribution in [-0.4, -0.2) is 36.9 Å². The minimum absolute atomic E-state index is 0.365. The fraction of sp³-hybridized carbons (Fsp3) is 0.917. The molecule has 2 rings (SSSR count). The quantitative estimate of drug-likeness (QED) is 0.753. The van der Waals surface area contributed by atoms with Crippen LogP contribution >= 0.6 is 0 Å². The predicted octanol–water partition coefficient (Wildman–Crippen LogP) is 1.03. The predicted molar refractivity (Wildman–Crippen MR) is 60.6 cm³/mol. The Hall–Kier alpha value is -0.410. The molecule has 0 atom stereocenters. The van der Waals surface area contributed by atoms with Gasteiger partial charge in [0.25, 0.3) is 0 Å². The molecule has 15 heavy (non-hydrogen) atoms. The van der Waals surface area contributed by atoms with Gasteiger partial charge in [-0.25, -0.2) is 0 Å². The van der Waals surface area contributed by atoms with Crippen molar-refractivity contribution in [2.75, 3.05) is 26.2 Å². The Balaban J connectivity index is 1.74. The lowest BCUT2D eigenvalue weighted by Crippen LogP contribution is -2.41. The molecule has 0 spiro atoms. The van der Waals surface area contributed by atoms with Gasteiger partial charge in [-0.2, -0.15) is 0 Å². The first kappa shape index (κ1) is 11.1. The fourth-order valence-corrected chi connectivity index (χ4v) is 2.65. The van der Waals surface area contributed by atoms with Gasteiger partial charge in [-0.3, -0.25) is 4.79 Å². The number of ketones is 1. The monoisotopic (exact) mass is 210 g/mol. The molecular formula is C12H22N2O. The van der Waals surface area contributed by atoms with Gasteiger partial charge in [0, 0.05) is 24.9 Å². The zero-order valence-corrected chi connectivity index (χ0v) is 9.45. The normalized spacial score (nSPS) is 25.1. The second-order valence-electron chi connectivity index (χ2n) is 4.93. The van der Waals surface area contributed by atoms with Crippen molar-refractivity contribution in [3.8, 4) is 0 Å². The third-order valence-corrected chi connectivity index (χ3v) is 3.94. The van der Waals surface area contributed by atoms with Crippen LogP contribution in [-0.2, 0) is 4.79 Å². The molecule has 1 heterocycles. The lowest BCUT2D eigenvalue weighted by atomic mass is 9.75. The van der Waals surface area contributed by atoms with Crippen LogP contribution < -0.4 is 5.73 Å². The van der Waals surface area contributed by atoms with Crippen molar-refractivity contribution in [2.45, 2.75) is 32.1 Å². The van der Waals surface area contributed by atoms with Crippen molar-refractivity contribution in [3.63, 3.8) is 0 Å². The topological polar surface area (TPSA) is 46.3 Å². The molecule has 1 aliphatic carbocycles. The lowest BCUT2D eigenvalue weighted by molar-refractivity contribution is -0.130. The molecule has 0 radical (unpaired) electrons. The number of hydrogen-bond donors (Lipinski definition) is 1.